The van der Waals surface area contributed by atoms with Gasteiger partial charge in [-0.2, -0.15) is 0 Å². The Balaban J connectivity index is 2.38. The predicted octanol–water partition coefficient (Wildman–Crippen LogP) is 2.69. The van der Waals surface area contributed by atoms with Crippen LogP contribution < -0.4 is 5.73 Å². The molecule has 0 aromatic carbocycles. The zero-order chi connectivity index (χ0) is 12.7. The van der Waals surface area contributed by atoms with Crippen molar-refractivity contribution in [1.29, 1.82) is 0 Å². The minimum absolute atomic E-state index is 0.0423. The maximum absolute atomic E-state index is 12.1. The summed E-state index contributed by atoms with van der Waals surface area (Å²) in [5.74, 6) is 0.234. The van der Waals surface area contributed by atoms with E-state index in [0.717, 1.165) is 12.8 Å². The van der Waals surface area contributed by atoms with Gasteiger partial charge in [0.25, 0.3) is 0 Å². The molecule has 0 saturated heterocycles. The van der Waals surface area contributed by atoms with Crippen molar-refractivity contribution in [2.24, 2.45) is 5.73 Å². The molecule has 1 aliphatic rings. The summed E-state index contributed by atoms with van der Waals surface area (Å²) >= 11 is 0. The standard InChI is InChI=1S/C14H28N2O/c1-3-8-12(15)11-14(17)16(2)13-9-6-4-5-7-10-13/h12-13H,3-11,15H2,1-2H3. The normalized spacial score (nSPS) is 19.7. The van der Waals surface area contributed by atoms with Crippen molar-refractivity contribution in [2.45, 2.75) is 76.8 Å². The summed E-state index contributed by atoms with van der Waals surface area (Å²) in [5, 5.41) is 0. The van der Waals surface area contributed by atoms with Gasteiger partial charge in [-0.15, -0.1) is 0 Å². The topological polar surface area (TPSA) is 46.3 Å². The highest BCUT2D eigenvalue weighted by Gasteiger charge is 2.22. The van der Waals surface area contributed by atoms with Gasteiger partial charge in [0.05, 0.1) is 0 Å². The van der Waals surface area contributed by atoms with Gasteiger partial charge in [-0.3, -0.25) is 4.79 Å². The molecule has 3 heteroatoms. The highest BCUT2D eigenvalue weighted by atomic mass is 16.2. The van der Waals surface area contributed by atoms with Gasteiger partial charge in [0, 0.05) is 25.6 Å². The molecule has 17 heavy (non-hydrogen) atoms. The molecule has 1 atom stereocenters. The van der Waals surface area contributed by atoms with Crippen LogP contribution in [0, 0.1) is 0 Å². The Morgan fingerprint density at radius 3 is 2.41 bits per heavy atom. The second-order valence-corrected chi connectivity index (χ2v) is 5.40. The SMILES string of the molecule is CCCC(N)CC(=O)N(C)C1CCCCCC1. The van der Waals surface area contributed by atoms with Gasteiger partial charge in [-0.05, 0) is 19.3 Å². The second kappa shape index (κ2) is 7.70. The number of rotatable bonds is 5. The van der Waals surface area contributed by atoms with Crippen LogP contribution in [0.25, 0.3) is 0 Å². The molecule has 0 aliphatic heterocycles. The summed E-state index contributed by atoms with van der Waals surface area (Å²) in [6.07, 6.45) is 10.1. The number of nitrogens with zero attached hydrogens (tertiary/aromatic N) is 1. The Morgan fingerprint density at radius 2 is 1.88 bits per heavy atom. The number of carbonyl (C=O) groups excluding carboxylic acids is 1. The van der Waals surface area contributed by atoms with E-state index in [1.54, 1.807) is 0 Å². The maximum Gasteiger partial charge on any atom is 0.224 e. The lowest BCUT2D eigenvalue weighted by Gasteiger charge is -2.28. The van der Waals surface area contributed by atoms with E-state index in [0.29, 0.717) is 12.5 Å². The van der Waals surface area contributed by atoms with E-state index in [-0.39, 0.29) is 11.9 Å². The Kier molecular flexibility index (Phi) is 6.56. The smallest absolute Gasteiger partial charge is 0.224 e. The van der Waals surface area contributed by atoms with Crippen LogP contribution in [-0.4, -0.2) is 29.9 Å². The van der Waals surface area contributed by atoms with Crippen LogP contribution in [0.2, 0.25) is 0 Å². The van der Waals surface area contributed by atoms with Gasteiger partial charge in [0.15, 0.2) is 0 Å². The van der Waals surface area contributed by atoms with Crippen molar-refractivity contribution >= 4 is 5.91 Å². The van der Waals surface area contributed by atoms with Gasteiger partial charge < -0.3 is 10.6 Å². The van der Waals surface area contributed by atoms with Crippen LogP contribution in [0.1, 0.15) is 64.7 Å². The van der Waals surface area contributed by atoms with Crippen LogP contribution >= 0.6 is 0 Å². The minimum atomic E-state index is 0.0423. The molecule has 0 aromatic heterocycles. The second-order valence-electron chi connectivity index (χ2n) is 5.40. The van der Waals surface area contributed by atoms with Gasteiger partial charge in [0.2, 0.25) is 5.91 Å². The summed E-state index contributed by atoms with van der Waals surface area (Å²) < 4.78 is 0. The van der Waals surface area contributed by atoms with Crippen LogP contribution in [0.4, 0.5) is 0 Å². The Labute approximate surface area is 106 Å². The molecule has 0 spiro atoms. The number of carbonyl (C=O) groups is 1. The minimum Gasteiger partial charge on any atom is -0.343 e. The number of hydrogen-bond donors (Lipinski definition) is 1. The summed E-state index contributed by atoms with van der Waals surface area (Å²) in [7, 11) is 1.96. The molecule has 1 amide bonds. The average Bonchev–Trinajstić information content (AvgIpc) is 2.56. The quantitative estimate of drug-likeness (QED) is 0.751. The Bertz CT molecular complexity index is 222. The molecule has 1 saturated carbocycles. The van der Waals surface area contributed by atoms with E-state index >= 15 is 0 Å². The lowest BCUT2D eigenvalue weighted by molar-refractivity contribution is -0.132. The van der Waals surface area contributed by atoms with E-state index in [2.05, 4.69) is 6.92 Å². The first-order valence-corrected chi connectivity index (χ1v) is 7.16. The molecule has 100 valence electrons. The average molecular weight is 240 g/mol. The number of nitrogens with two attached hydrogens (primary N) is 1. The third kappa shape index (κ3) is 5.07. The molecule has 0 aromatic rings. The lowest BCUT2D eigenvalue weighted by atomic mass is 10.1. The van der Waals surface area contributed by atoms with Gasteiger partial charge in [-0.25, -0.2) is 0 Å². The molecule has 0 radical (unpaired) electrons. The first kappa shape index (κ1) is 14.5. The zero-order valence-electron chi connectivity index (χ0n) is 11.5. The van der Waals surface area contributed by atoms with Crippen LogP contribution in [0.15, 0.2) is 0 Å². The number of amides is 1. The van der Waals surface area contributed by atoms with Crippen molar-refractivity contribution < 1.29 is 4.79 Å². The van der Waals surface area contributed by atoms with E-state index in [4.69, 9.17) is 5.73 Å². The first-order chi connectivity index (χ1) is 8.15. The van der Waals surface area contributed by atoms with Crippen molar-refractivity contribution in [3.8, 4) is 0 Å². The summed E-state index contributed by atoms with van der Waals surface area (Å²) in [5.41, 5.74) is 5.94. The van der Waals surface area contributed by atoms with Crippen molar-refractivity contribution in [3.63, 3.8) is 0 Å². The highest BCUT2D eigenvalue weighted by molar-refractivity contribution is 5.76. The van der Waals surface area contributed by atoms with Crippen molar-refractivity contribution in [3.05, 3.63) is 0 Å². The van der Waals surface area contributed by atoms with Gasteiger partial charge in [-0.1, -0.05) is 39.0 Å². The van der Waals surface area contributed by atoms with Gasteiger partial charge in [0.1, 0.15) is 0 Å². The predicted molar refractivity (Wildman–Crippen MR) is 71.8 cm³/mol. The molecule has 0 bridgehead atoms. The summed E-state index contributed by atoms with van der Waals surface area (Å²) in [6.45, 7) is 2.11. The van der Waals surface area contributed by atoms with Crippen LogP contribution in [0.5, 0.6) is 0 Å². The van der Waals surface area contributed by atoms with E-state index in [1.165, 1.54) is 38.5 Å². The molecule has 1 aliphatic carbocycles. The van der Waals surface area contributed by atoms with Crippen LogP contribution in [0.3, 0.4) is 0 Å². The molecule has 0 heterocycles. The molecule has 3 nitrogen and oxygen atoms in total. The largest absolute Gasteiger partial charge is 0.343 e. The molecule has 1 rings (SSSR count). The fourth-order valence-electron chi connectivity index (χ4n) is 2.69. The van der Waals surface area contributed by atoms with Crippen LogP contribution in [-0.2, 0) is 4.79 Å². The third-order valence-corrected chi connectivity index (χ3v) is 3.86. The Hall–Kier alpha value is -0.570. The molecular weight excluding hydrogens is 212 g/mol. The molecule has 1 unspecified atom stereocenters. The monoisotopic (exact) mass is 240 g/mol. The van der Waals surface area contributed by atoms with E-state index in [1.807, 2.05) is 11.9 Å². The van der Waals surface area contributed by atoms with E-state index in [9.17, 15) is 4.79 Å². The molecule has 1 fully saturated rings. The van der Waals surface area contributed by atoms with Crippen molar-refractivity contribution in [1.82, 2.24) is 4.90 Å². The fourth-order valence-corrected chi connectivity index (χ4v) is 2.69. The summed E-state index contributed by atoms with van der Waals surface area (Å²) in [6, 6.07) is 0.500. The summed E-state index contributed by atoms with van der Waals surface area (Å²) in [4.78, 5) is 14.0. The highest BCUT2D eigenvalue weighted by Crippen LogP contribution is 2.21. The number of hydrogen-bond acceptors (Lipinski definition) is 2. The Morgan fingerprint density at radius 1 is 1.29 bits per heavy atom. The maximum atomic E-state index is 12.1. The van der Waals surface area contributed by atoms with Crippen molar-refractivity contribution in [2.75, 3.05) is 7.05 Å². The van der Waals surface area contributed by atoms with E-state index < -0.39 is 0 Å². The fraction of sp³-hybridized carbons (Fsp3) is 0.929. The lowest BCUT2D eigenvalue weighted by Crippen LogP contribution is -2.39. The zero-order valence-corrected chi connectivity index (χ0v) is 11.5. The molecular formula is C14H28N2O. The van der Waals surface area contributed by atoms with Gasteiger partial charge >= 0.3 is 0 Å². The first-order valence-electron chi connectivity index (χ1n) is 7.16. The third-order valence-electron chi connectivity index (χ3n) is 3.86. The molecule has 2 N–H and O–H groups in total.